The molecule has 1 fully saturated rings. The molecule has 2 aliphatic rings. The minimum atomic E-state index is -0.541. The van der Waals surface area contributed by atoms with Crippen LogP contribution in [0.4, 0.5) is 14.9 Å². The summed E-state index contributed by atoms with van der Waals surface area (Å²) in [5, 5.41) is -0.248. The van der Waals surface area contributed by atoms with E-state index in [-0.39, 0.29) is 22.7 Å². The van der Waals surface area contributed by atoms with Crippen molar-refractivity contribution in [1.29, 1.82) is 0 Å². The Hall–Kier alpha value is -2.57. The van der Waals surface area contributed by atoms with Gasteiger partial charge in [0.25, 0.3) is 11.1 Å². The molecule has 0 bridgehead atoms. The number of hydrogen-bond donors (Lipinski definition) is 0. The van der Waals surface area contributed by atoms with Crippen LogP contribution in [0.5, 0.6) is 0 Å². The molecule has 4 rings (SSSR count). The van der Waals surface area contributed by atoms with Crippen LogP contribution >= 0.6 is 23.4 Å². The summed E-state index contributed by atoms with van der Waals surface area (Å²) < 4.78 is 14.2. The van der Waals surface area contributed by atoms with Crippen molar-refractivity contribution in [1.82, 2.24) is 4.90 Å². The van der Waals surface area contributed by atoms with Gasteiger partial charge in [-0.1, -0.05) is 29.8 Å². The van der Waals surface area contributed by atoms with E-state index in [0.717, 1.165) is 40.0 Å². The van der Waals surface area contributed by atoms with Gasteiger partial charge in [0.05, 0.1) is 17.0 Å². The summed E-state index contributed by atoms with van der Waals surface area (Å²) in [6.45, 7) is 9.28. The Bertz CT molecular complexity index is 1170. The lowest BCUT2D eigenvalue weighted by atomic mass is 9.88. The van der Waals surface area contributed by atoms with Gasteiger partial charge in [-0.05, 0) is 80.9 Å². The van der Waals surface area contributed by atoms with Crippen LogP contribution in [0.2, 0.25) is 5.02 Å². The fourth-order valence-corrected chi connectivity index (χ4v) is 5.46. The van der Waals surface area contributed by atoms with Gasteiger partial charge in [-0.2, -0.15) is 0 Å². The first-order valence-electron chi connectivity index (χ1n) is 10.4. The Morgan fingerprint density at radius 1 is 1.19 bits per heavy atom. The molecule has 2 heterocycles. The molecule has 0 aliphatic carbocycles. The highest BCUT2D eigenvalue weighted by molar-refractivity contribution is 8.18. The van der Waals surface area contributed by atoms with Crippen LogP contribution in [-0.2, 0) is 11.3 Å². The third kappa shape index (κ3) is 3.97. The highest BCUT2D eigenvalue weighted by atomic mass is 35.5. The standard InChI is InChI=1S/C25H24ClFN2O2S/c1-5-29-21-10-9-16(11-17(21)15(2)13-25(29,3)4)12-22-23(30)28(24(31)32-22)14-18-19(26)7-6-8-20(18)27/h6-13H,5,14H2,1-4H3/b22-12+. The van der Waals surface area contributed by atoms with E-state index in [1.807, 2.05) is 12.1 Å². The molecule has 4 nitrogen and oxygen atoms in total. The molecule has 2 aliphatic heterocycles. The van der Waals surface area contributed by atoms with Gasteiger partial charge in [0.2, 0.25) is 0 Å². The van der Waals surface area contributed by atoms with Crippen molar-refractivity contribution >= 4 is 51.8 Å². The number of likely N-dealkylation sites (N-methyl/N-ethyl adjacent to an activating group) is 1. The van der Waals surface area contributed by atoms with Crippen LogP contribution in [0, 0.1) is 5.82 Å². The molecular weight excluding hydrogens is 447 g/mol. The molecule has 0 N–H and O–H groups in total. The Kier molecular flexibility index (Phi) is 5.94. The number of anilines is 1. The third-order valence-corrected chi connectivity index (χ3v) is 7.13. The quantitative estimate of drug-likeness (QED) is 0.464. The molecule has 166 valence electrons. The maximum atomic E-state index is 14.2. The van der Waals surface area contributed by atoms with E-state index in [9.17, 15) is 14.0 Å². The minimum absolute atomic E-state index is 0.0794. The molecular formula is C25H24ClFN2O2S. The highest BCUT2D eigenvalue weighted by Gasteiger charge is 2.36. The minimum Gasteiger partial charge on any atom is -0.363 e. The summed E-state index contributed by atoms with van der Waals surface area (Å²) in [5.74, 6) is -0.985. The van der Waals surface area contributed by atoms with Gasteiger partial charge in [-0.25, -0.2) is 4.39 Å². The summed E-state index contributed by atoms with van der Waals surface area (Å²) in [6, 6.07) is 10.4. The zero-order chi connectivity index (χ0) is 23.2. The predicted octanol–water partition coefficient (Wildman–Crippen LogP) is 6.74. The second-order valence-electron chi connectivity index (χ2n) is 8.47. The van der Waals surface area contributed by atoms with Crippen LogP contribution in [0.15, 0.2) is 47.4 Å². The summed E-state index contributed by atoms with van der Waals surface area (Å²) >= 11 is 6.93. The number of amides is 2. The Morgan fingerprint density at radius 3 is 2.62 bits per heavy atom. The maximum absolute atomic E-state index is 14.2. The van der Waals surface area contributed by atoms with Crippen molar-refractivity contribution in [2.75, 3.05) is 11.4 Å². The number of carbonyl (C=O) groups is 2. The molecule has 7 heteroatoms. The van der Waals surface area contributed by atoms with Crippen LogP contribution < -0.4 is 4.90 Å². The molecule has 0 radical (unpaired) electrons. The van der Waals surface area contributed by atoms with E-state index in [2.05, 4.69) is 44.7 Å². The lowest BCUT2D eigenvalue weighted by Crippen LogP contribution is -2.44. The number of hydrogen-bond acceptors (Lipinski definition) is 4. The van der Waals surface area contributed by atoms with Crippen molar-refractivity contribution in [2.24, 2.45) is 0 Å². The fourth-order valence-electron chi connectivity index (χ4n) is 4.40. The summed E-state index contributed by atoms with van der Waals surface area (Å²) in [5.41, 5.74) is 4.32. The number of halogens is 2. The van der Waals surface area contributed by atoms with Gasteiger partial charge in [-0.3, -0.25) is 14.5 Å². The Labute approximate surface area is 196 Å². The summed E-state index contributed by atoms with van der Waals surface area (Å²) in [6.07, 6.45) is 3.96. The van der Waals surface area contributed by atoms with Crippen molar-refractivity contribution in [2.45, 2.75) is 39.8 Å². The van der Waals surface area contributed by atoms with Crippen molar-refractivity contribution < 1.29 is 14.0 Å². The molecule has 32 heavy (non-hydrogen) atoms. The van der Waals surface area contributed by atoms with Gasteiger partial charge in [0.1, 0.15) is 5.82 Å². The Morgan fingerprint density at radius 2 is 1.94 bits per heavy atom. The predicted molar refractivity (Wildman–Crippen MR) is 130 cm³/mol. The van der Waals surface area contributed by atoms with E-state index in [1.165, 1.54) is 17.7 Å². The maximum Gasteiger partial charge on any atom is 0.293 e. The second-order valence-corrected chi connectivity index (χ2v) is 9.87. The molecule has 0 spiro atoms. The van der Waals surface area contributed by atoms with Crippen LogP contribution in [0.1, 0.15) is 44.4 Å². The van der Waals surface area contributed by atoms with Gasteiger partial charge in [0.15, 0.2) is 0 Å². The monoisotopic (exact) mass is 470 g/mol. The Balaban J connectivity index is 1.64. The average molecular weight is 471 g/mol. The second kappa shape index (κ2) is 8.41. The molecule has 0 unspecified atom stereocenters. The van der Waals surface area contributed by atoms with Crippen molar-refractivity contribution in [3.8, 4) is 0 Å². The van der Waals surface area contributed by atoms with Crippen molar-refractivity contribution in [3.05, 3.63) is 74.9 Å². The summed E-state index contributed by atoms with van der Waals surface area (Å²) in [7, 11) is 0. The molecule has 1 saturated heterocycles. The van der Waals surface area contributed by atoms with Crippen LogP contribution in [0.25, 0.3) is 11.6 Å². The number of benzene rings is 2. The number of rotatable bonds is 4. The zero-order valence-corrected chi connectivity index (χ0v) is 20.0. The number of nitrogens with zero attached hydrogens (tertiary/aromatic N) is 2. The number of carbonyl (C=O) groups excluding carboxylic acids is 2. The first-order chi connectivity index (χ1) is 15.1. The number of imide groups is 1. The van der Waals surface area contributed by atoms with E-state index >= 15 is 0 Å². The third-order valence-electron chi connectivity index (χ3n) is 5.87. The van der Waals surface area contributed by atoms with Crippen molar-refractivity contribution in [3.63, 3.8) is 0 Å². The number of allylic oxidation sites excluding steroid dienone is 1. The molecule has 2 aromatic rings. The average Bonchev–Trinajstić information content (AvgIpc) is 2.98. The lowest BCUT2D eigenvalue weighted by molar-refractivity contribution is -0.123. The fraction of sp³-hybridized carbons (Fsp3) is 0.280. The first-order valence-corrected chi connectivity index (χ1v) is 11.6. The number of thioether (sulfide) groups is 1. The van der Waals surface area contributed by atoms with Gasteiger partial charge in [-0.15, -0.1) is 0 Å². The zero-order valence-electron chi connectivity index (χ0n) is 18.4. The van der Waals surface area contributed by atoms with E-state index in [4.69, 9.17) is 11.6 Å². The SMILES string of the molecule is CCN1c2ccc(/C=C3/SC(=O)N(Cc4c(F)cccc4Cl)C3=O)cc2C(C)=CC1(C)C. The number of fused-ring (bicyclic) bond motifs is 1. The topological polar surface area (TPSA) is 40.6 Å². The normalized spacial score (nSPS) is 18.9. The van der Waals surface area contributed by atoms with E-state index in [1.54, 1.807) is 12.1 Å². The largest absolute Gasteiger partial charge is 0.363 e. The van der Waals surface area contributed by atoms with E-state index < -0.39 is 17.0 Å². The molecule has 0 saturated carbocycles. The van der Waals surface area contributed by atoms with E-state index in [0.29, 0.717) is 4.91 Å². The highest BCUT2D eigenvalue weighted by Crippen LogP contribution is 2.40. The molecule has 0 aromatic heterocycles. The molecule has 0 atom stereocenters. The van der Waals surface area contributed by atoms with Crippen LogP contribution in [-0.4, -0.2) is 28.1 Å². The molecule has 2 aromatic carbocycles. The van der Waals surface area contributed by atoms with Gasteiger partial charge < -0.3 is 4.90 Å². The molecule has 2 amide bonds. The van der Waals surface area contributed by atoms with Gasteiger partial charge >= 0.3 is 0 Å². The van der Waals surface area contributed by atoms with Gasteiger partial charge in [0, 0.05) is 28.4 Å². The lowest BCUT2D eigenvalue weighted by Gasteiger charge is -2.42. The smallest absolute Gasteiger partial charge is 0.293 e. The van der Waals surface area contributed by atoms with Crippen LogP contribution in [0.3, 0.4) is 0 Å². The summed E-state index contributed by atoms with van der Waals surface area (Å²) in [4.78, 5) is 29.1. The first kappa shape index (κ1) is 22.6.